The van der Waals surface area contributed by atoms with Crippen molar-refractivity contribution in [2.24, 2.45) is 5.92 Å². The monoisotopic (exact) mass is 321 g/mol. The molecule has 2 bridgehead atoms. The van der Waals surface area contributed by atoms with Crippen LogP contribution in [0.15, 0.2) is 35.5 Å². The molecule has 0 radical (unpaired) electrons. The normalized spacial score (nSPS) is 40.0. The van der Waals surface area contributed by atoms with Gasteiger partial charge in [-0.3, -0.25) is 4.90 Å². The van der Waals surface area contributed by atoms with Crippen LogP contribution in [-0.2, 0) is 9.53 Å². The number of carbonyl (C=O) groups excluding carboxylic acids is 1. The number of esters is 1. The minimum atomic E-state index is -0.413. The van der Waals surface area contributed by atoms with Crippen molar-refractivity contribution < 1.29 is 9.53 Å². The Labute approximate surface area is 143 Å². The van der Waals surface area contributed by atoms with E-state index in [4.69, 9.17) is 4.74 Å². The van der Waals surface area contributed by atoms with Crippen LogP contribution < -0.4 is 0 Å². The molecular weight excluding hydrogens is 298 g/mol. The molecule has 3 heteroatoms. The SMILES string of the molecule is O=C1C=C2C(C#CC3C=CCCC3)=C[C@@H]3C[C@@]2(O1)C1CCCCN13. The van der Waals surface area contributed by atoms with Crippen molar-refractivity contribution in [2.45, 2.75) is 62.6 Å². The van der Waals surface area contributed by atoms with E-state index in [1.807, 2.05) is 0 Å². The zero-order chi connectivity index (χ0) is 16.1. The summed E-state index contributed by atoms with van der Waals surface area (Å²) in [5.41, 5.74) is 1.69. The van der Waals surface area contributed by atoms with E-state index < -0.39 is 5.60 Å². The van der Waals surface area contributed by atoms with Gasteiger partial charge >= 0.3 is 5.97 Å². The molecule has 24 heavy (non-hydrogen) atoms. The predicted octanol–water partition coefficient (Wildman–Crippen LogP) is 3.13. The van der Waals surface area contributed by atoms with Gasteiger partial charge in [-0.15, -0.1) is 0 Å². The number of hydrogen-bond donors (Lipinski definition) is 0. The molecule has 124 valence electrons. The third-order valence-electron chi connectivity index (χ3n) is 6.32. The Hall–Kier alpha value is -1.79. The Morgan fingerprint density at radius 1 is 1.25 bits per heavy atom. The first kappa shape index (κ1) is 14.5. The lowest BCUT2D eigenvalue weighted by molar-refractivity contribution is -0.148. The highest BCUT2D eigenvalue weighted by Gasteiger charge is 2.61. The molecule has 0 aromatic rings. The van der Waals surface area contributed by atoms with Crippen LogP contribution >= 0.6 is 0 Å². The Kier molecular flexibility index (Phi) is 3.25. The van der Waals surface area contributed by atoms with E-state index in [2.05, 4.69) is 35.0 Å². The Balaban J connectivity index is 1.53. The Morgan fingerprint density at radius 2 is 2.21 bits per heavy atom. The van der Waals surface area contributed by atoms with Crippen LogP contribution in [0.3, 0.4) is 0 Å². The lowest BCUT2D eigenvalue weighted by atomic mass is 9.76. The lowest BCUT2D eigenvalue weighted by Crippen LogP contribution is -2.48. The second-order valence-corrected chi connectivity index (χ2v) is 7.70. The molecule has 3 aliphatic heterocycles. The van der Waals surface area contributed by atoms with Crippen LogP contribution in [0.1, 0.15) is 44.9 Å². The van der Waals surface area contributed by atoms with E-state index in [9.17, 15) is 4.79 Å². The molecule has 2 saturated heterocycles. The van der Waals surface area contributed by atoms with Gasteiger partial charge < -0.3 is 4.74 Å². The number of hydrogen-bond acceptors (Lipinski definition) is 3. The highest BCUT2D eigenvalue weighted by molar-refractivity contribution is 5.90. The lowest BCUT2D eigenvalue weighted by Gasteiger charge is -2.38. The van der Waals surface area contributed by atoms with Gasteiger partial charge in [-0.1, -0.05) is 36.5 Å². The van der Waals surface area contributed by atoms with Crippen molar-refractivity contribution in [3.05, 3.63) is 35.5 Å². The first-order chi connectivity index (χ1) is 11.8. The molecule has 2 aliphatic carbocycles. The van der Waals surface area contributed by atoms with Gasteiger partial charge in [0.15, 0.2) is 5.60 Å². The number of carbonyl (C=O) groups is 1. The first-order valence-electron chi connectivity index (χ1n) is 9.37. The third kappa shape index (κ3) is 2.06. The summed E-state index contributed by atoms with van der Waals surface area (Å²) in [6.45, 7) is 1.12. The van der Waals surface area contributed by atoms with Gasteiger partial charge in [0.2, 0.25) is 0 Å². The van der Waals surface area contributed by atoms with Gasteiger partial charge in [0.25, 0.3) is 0 Å². The van der Waals surface area contributed by atoms with Crippen molar-refractivity contribution in [1.82, 2.24) is 4.90 Å². The topological polar surface area (TPSA) is 29.5 Å². The number of nitrogens with zero attached hydrogens (tertiary/aromatic N) is 1. The summed E-state index contributed by atoms with van der Waals surface area (Å²) in [6, 6.07) is 0.726. The van der Waals surface area contributed by atoms with E-state index in [0.717, 1.165) is 37.0 Å². The summed E-state index contributed by atoms with van der Waals surface area (Å²) < 4.78 is 5.94. The fraction of sp³-hybridized carbons (Fsp3) is 0.571. The van der Waals surface area contributed by atoms with Crippen molar-refractivity contribution in [3.63, 3.8) is 0 Å². The van der Waals surface area contributed by atoms with Crippen molar-refractivity contribution in [1.29, 1.82) is 0 Å². The van der Waals surface area contributed by atoms with Crippen LogP contribution in [0, 0.1) is 17.8 Å². The van der Waals surface area contributed by atoms with Crippen LogP contribution in [0.5, 0.6) is 0 Å². The molecule has 3 nitrogen and oxygen atoms in total. The largest absolute Gasteiger partial charge is 0.449 e. The quantitative estimate of drug-likeness (QED) is 0.390. The van der Waals surface area contributed by atoms with Crippen molar-refractivity contribution >= 4 is 5.97 Å². The molecule has 5 rings (SSSR count). The average Bonchev–Trinajstić information content (AvgIpc) is 3.09. The minimum Gasteiger partial charge on any atom is -0.449 e. The van der Waals surface area contributed by atoms with E-state index in [1.54, 1.807) is 6.08 Å². The second kappa shape index (κ2) is 5.36. The predicted molar refractivity (Wildman–Crippen MR) is 92.0 cm³/mol. The van der Waals surface area contributed by atoms with Gasteiger partial charge in [-0.2, -0.15) is 0 Å². The molecule has 0 aromatic heterocycles. The number of allylic oxidation sites excluding steroid dienone is 2. The van der Waals surface area contributed by atoms with Crippen molar-refractivity contribution in [3.8, 4) is 11.8 Å². The maximum absolute atomic E-state index is 12.1. The molecule has 4 atom stereocenters. The summed E-state index contributed by atoms with van der Waals surface area (Å²) in [6.07, 6.45) is 16.6. The molecule has 2 unspecified atom stereocenters. The molecule has 1 spiro atoms. The molecule has 5 aliphatic rings. The van der Waals surface area contributed by atoms with Crippen molar-refractivity contribution in [2.75, 3.05) is 6.54 Å². The molecule has 3 heterocycles. The summed E-state index contributed by atoms with van der Waals surface area (Å²) in [4.78, 5) is 14.7. The molecule has 2 fully saturated rings. The van der Waals surface area contributed by atoms with Crippen LogP contribution in [-0.4, -0.2) is 35.1 Å². The van der Waals surface area contributed by atoms with E-state index in [0.29, 0.717) is 18.0 Å². The maximum Gasteiger partial charge on any atom is 0.332 e. The minimum absolute atomic E-state index is 0.177. The van der Waals surface area contributed by atoms with Gasteiger partial charge in [-0.05, 0) is 38.6 Å². The Bertz CT molecular complexity index is 735. The Morgan fingerprint density at radius 3 is 3.08 bits per heavy atom. The highest BCUT2D eigenvalue weighted by atomic mass is 16.6. The summed E-state index contributed by atoms with van der Waals surface area (Å²) in [5, 5.41) is 0. The second-order valence-electron chi connectivity index (χ2n) is 7.70. The molecule has 0 saturated carbocycles. The van der Waals surface area contributed by atoms with Crippen LogP contribution in [0.25, 0.3) is 0 Å². The molecule has 0 aromatic carbocycles. The average molecular weight is 321 g/mol. The molecular formula is C21H23NO2. The van der Waals surface area contributed by atoms with Gasteiger partial charge in [0.05, 0.1) is 6.04 Å². The zero-order valence-electron chi connectivity index (χ0n) is 14.0. The first-order valence-corrected chi connectivity index (χ1v) is 9.37. The summed E-state index contributed by atoms with van der Waals surface area (Å²) in [5.74, 6) is 7.04. The number of piperidine rings is 1. The maximum atomic E-state index is 12.1. The van der Waals surface area contributed by atoms with Crippen LogP contribution in [0.2, 0.25) is 0 Å². The number of ether oxygens (including phenoxy) is 1. The summed E-state index contributed by atoms with van der Waals surface area (Å²) in [7, 11) is 0. The summed E-state index contributed by atoms with van der Waals surface area (Å²) >= 11 is 0. The molecule has 0 amide bonds. The van der Waals surface area contributed by atoms with E-state index >= 15 is 0 Å². The highest BCUT2D eigenvalue weighted by Crippen LogP contribution is 2.53. The van der Waals surface area contributed by atoms with Gasteiger partial charge in [-0.25, -0.2) is 4.79 Å². The fourth-order valence-electron chi connectivity index (χ4n) is 5.27. The smallest absolute Gasteiger partial charge is 0.332 e. The standard InChI is InChI=1S/C21H23NO2/c23-20-13-18-16(10-9-15-6-2-1-3-7-15)12-17-14-21(18,24-20)19-8-4-5-11-22(17)19/h2,6,12-13,15,17,19H,1,3-5,7-8,11,14H2/t15?,17-,19?,21+/m1/s1. The van der Waals surface area contributed by atoms with Crippen LogP contribution in [0.4, 0.5) is 0 Å². The number of fused-ring (bicyclic) bond motifs is 3. The number of rotatable bonds is 0. The van der Waals surface area contributed by atoms with Gasteiger partial charge in [0.1, 0.15) is 0 Å². The third-order valence-corrected chi connectivity index (χ3v) is 6.32. The van der Waals surface area contributed by atoms with E-state index in [1.165, 1.54) is 25.7 Å². The zero-order valence-corrected chi connectivity index (χ0v) is 14.0. The molecule has 0 N–H and O–H groups in total. The van der Waals surface area contributed by atoms with E-state index in [-0.39, 0.29) is 5.97 Å². The fourth-order valence-corrected chi connectivity index (χ4v) is 5.27. The van der Waals surface area contributed by atoms with Gasteiger partial charge in [0, 0.05) is 35.6 Å².